The van der Waals surface area contributed by atoms with Gasteiger partial charge in [-0.1, -0.05) is 29.8 Å². The molecule has 1 heterocycles. The highest BCUT2D eigenvalue weighted by atomic mass is 32.2. The fraction of sp³-hybridized carbons (Fsp3) is 0.120. The number of aromatic nitrogens is 2. The first-order valence-corrected chi connectivity index (χ1v) is 12.0. The number of nitrogens with zero attached hydrogens (tertiary/aromatic N) is 2. The maximum absolute atomic E-state index is 12.8. The largest absolute Gasteiger partial charge is 0.495 e. The summed E-state index contributed by atoms with van der Waals surface area (Å²) in [5, 5.41) is 6.44. The van der Waals surface area contributed by atoms with Gasteiger partial charge in [0.25, 0.3) is 10.0 Å². The third kappa shape index (κ3) is 5.62. The van der Waals surface area contributed by atoms with E-state index in [0.29, 0.717) is 17.5 Å². The lowest BCUT2D eigenvalue weighted by Gasteiger charge is -2.13. The number of benzene rings is 3. The van der Waals surface area contributed by atoms with Crippen molar-refractivity contribution in [1.82, 2.24) is 9.97 Å². The Morgan fingerprint density at radius 3 is 2.09 bits per heavy atom. The molecule has 0 unspecified atom stereocenters. The normalized spacial score (nSPS) is 11.0. The van der Waals surface area contributed by atoms with Crippen LogP contribution in [0.15, 0.2) is 83.8 Å². The third-order valence-corrected chi connectivity index (χ3v) is 6.35. The summed E-state index contributed by atoms with van der Waals surface area (Å²) in [6.45, 7) is 3.92. The molecule has 0 atom stereocenters. The molecule has 0 aliphatic heterocycles. The first-order chi connectivity index (χ1) is 16.3. The lowest BCUT2D eigenvalue weighted by molar-refractivity contribution is 0.403. The van der Waals surface area contributed by atoms with Crippen LogP contribution < -0.4 is 20.1 Å². The van der Waals surface area contributed by atoms with Crippen LogP contribution in [0.3, 0.4) is 0 Å². The Kier molecular flexibility index (Phi) is 6.65. The Hall–Kier alpha value is -4.11. The molecule has 0 fully saturated rings. The van der Waals surface area contributed by atoms with Gasteiger partial charge in [-0.15, -0.1) is 0 Å². The molecule has 4 rings (SSSR count). The van der Waals surface area contributed by atoms with Crippen LogP contribution >= 0.6 is 0 Å². The molecule has 0 spiro atoms. The Bertz CT molecular complexity index is 1390. The maximum Gasteiger partial charge on any atom is 0.265 e. The second-order valence-corrected chi connectivity index (χ2v) is 9.32. The van der Waals surface area contributed by atoms with Crippen molar-refractivity contribution in [2.75, 3.05) is 22.5 Å². The highest BCUT2D eigenvalue weighted by molar-refractivity contribution is 7.92. The lowest BCUT2D eigenvalue weighted by atomic mass is 10.2. The molecule has 3 N–H and O–H groups in total. The first kappa shape index (κ1) is 23.1. The van der Waals surface area contributed by atoms with E-state index in [1.54, 1.807) is 42.5 Å². The van der Waals surface area contributed by atoms with E-state index in [9.17, 15) is 8.42 Å². The van der Waals surface area contributed by atoms with Gasteiger partial charge in [0.05, 0.1) is 7.11 Å². The van der Waals surface area contributed by atoms with Gasteiger partial charge in [-0.25, -0.2) is 13.4 Å². The van der Waals surface area contributed by atoms with Crippen LogP contribution in [-0.4, -0.2) is 25.5 Å². The topological polar surface area (TPSA) is 105 Å². The van der Waals surface area contributed by atoms with Crippen LogP contribution in [0.4, 0.5) is 28.8 Å². The van der Waals surface area contributed by atoms with Crippen LogP contribution in [0.1, 0.15) is 11.3 Å². The summed E-state index contributed by atoms with van der Waals surface area (Å²) >= 11 is 0. The summed E-state index contributed by atoms with van der Waals surface area (Å²) in [5.74, 6) is 1.37. The molecule has 0 bridgehead atoms. The second-order valence-electron chi connectivity index (χ2n) is 7.67. The summed E-state index contributed by atoms with van der Waals surface area (Å²) in [4.78, 5) is 9.04. The summed E-state index contributed by atoms with van der Waals surface area (Å²) in [6.07, 6.45) is 0. The van der Waals surface area contributed by atoms with Gasteiger partial charge in [-0.2, -0.15) is 4.98 Å². The molecule has 8 nitrogen and oxygen atoms in total. The van der Waals surface area contributed by atoms with Gasteiger partial charge in [0, 0.05) is 28.8 Å². The van der Waals surface area contributed by atoms with Crippen molar-refractivity contribution in [2.45, 2.75) is 18.7 Å². The highest BCUT2D eigenvalue weighted by Crippen LogP contribution is 2.26. The first-order valence-electron chi connectivity index (χ1n) is 10.5. The molecular weight excluding hydrogens is 450 g/mol. The van der Waals surface area contributed by atoms with Gasteiger partial charge < -0.3 is 15.4 Å². The number of aryl methyl sites for hydroxylation is 2. The Balaban J connectivity index is 1.47. The van der Waals surface area contributed by atoms with Crippen LogP contribution in [0.25, 0.3) is 0 Å². The van der Waals surface area contributed by atoms with Crippen molar-refractivity contribution in [1.29, 1.82) is 0 Å². The molecule has 9 heteroatoms. The summed E-state index contributed by atoms with van der Waals surface area (Å²) in [5.41, 5.74) is 4.05. The minimum absolute atomic E-state index is 0.0739. The molecule has 0 saturated carbocycles. The number of methoxy groups -OCH3 is 1. The molecule has 4 aromatic rings. The molecule has 0 amide bonds. The monoisotopic (exact) mass is 475 g/mol. The summed E-state index contributed by atoms with van der Waals surface area (Å²) < 4.78 is 33.3. The van der Waals surface area contributed by atoms with E-state index in [1.165, 1.54) is 18.7 Å². The van der Waals surface area contributed by atoms with Crippen molar-refractivity contribution in [3.63, 3.8) is 0 Å². The molecular formula is C25H25N5O3S. The number of rotatable bonds is 8. The number of anilines is 5. The molecule has 34 heavy (non-hydrogen) atoms. The smallest absolute Gasteiger partial charge is 0.265 e. The number of sulfonamides is 1. The average molecular weight is 476 g/mol. The predicted octanol–water partition coefficient (Wildman–Crippen LogP) is 5.39. The fourth-order valence-corrected chi connectivity index (χ4v) is 4.51. The SMILES string of the molecule is COc1ccccc1S(=O)(=O)Nc1ccc(Nc2cc(C)nc(Nc3ccc(C)cc3)n2)cc1. The molecule has 0 aliphatic carbocycles. The summed E-state index contributed by atoms with van der Waals surface area (Å²) in [6, 6.07) is 23.2. The predicted molar refractivity (Wildman–Crippen MR) is 135 cm³/mol. The van der Waals surface area contributed by atoms with Crippen molar-refractivity contribution in [2.24, 2.45) is 0 Å². The summed E-state index contributed by atoms with van der Waals surface area (Å²) in [7, 11) is -2.36. The van der Waals surface area contributed by atoms with E-state index in [1.807, 2.05) is 44.2 Å². The van der Waals surface area contributed by atoms with E-state index in [2.05, 4.69) is 25.3 Å². The number of nitrogens with one attached hydrogen (secondary N) is 3. The zero-order valence-corrected chi connectivity index (χ0v) is 19.8. The van der Waals surface area contributed by atoms with Crippen LogP contribution in [0, 0.1) is 13.8 Å². The fourth-order valence-electron chi connectivity index (χ4n) is 3.27. The van der Waals surface area contributed by atoms with Gasteiger partial charge in [-0.3, -0.25) is 4.72 Å². The lowest BCUT2D eigenvalue weighted by Crippen LogP contribution is -2.14. The number of hydrogen-bond acceptors (Lipinski definition) is 7. The molecule has 0 aliphatic rings. The van der Waals surface area contributed by atoms with Gasteiger partial charge in [0.2, 0.25) is 5.95 Å². The van der Waals surface area contributed by atoms with E-state index in [4.69, 9.17) is 4.74 Å². The minimum atomic E-state index is -3.80. The molecule has 174 valence electrons. The van der Waals surface area contributed by atoms with Gasteiger partial charge in [-0.05, 0) is 62.4 Å². The van der Waals surface area contributed by atoms with Crippen LogP contribution in [0.5, 0.6) is 5.75 Å². The zero-order chi connectivity index (χ0) is 24.1. The van der Waals surface area contributed by atoms with Crippen molar-refractivity contribution in [3.05, 3.63) is 90.1 Å². The maximum atomic E-state index is 12.8. The second kappa shape index (κ2) is 9.80. The van der Waals surface area contributed by atoms with Crippen molar-refractivity contribution in [3.8, 4) is 5.75 Å². The van der Waals surface area contributed by atoms with E-state index >= 15 is 0 Å². The third-order valence-electron chi connectivity index (χ3n) is 4.93. The van der Waals surface area contributed by atoms with Crippen LogP contribution in [-0.2, 0) is 10.0 Å². The quantitative estimate of drug-likeness (QED) is 0.314. The molecule has 0 radical (unpaired) electrons. The minimum Gasteiger partial charge on any atom is -0.495 e. The van der Waals surface area contributed by atoms with Crippen molar-refractivity contribution >= 4 is 38.9 Å². The van der Waals surface area contributed by atoms with E-state index in [0.717, 1.165) is 17.1 Å². The van der Waals surface area contributed by atoms with E-state index in [-0.39, 0.29) is 10.6 Å². The van der Waals surface area contributed by atoms with Gasteiger partial charge >= 0.3 is 0 Å². The van der Waals surface area contributed by atoms with Gasteiger partial charge in [0.15, 0.2) is 0 Å². The molecule has 0 saturated heterocycles. The molecule has 3 aromatic carbocycles. The van der Waals surface area contributed by atoms with E-state index < -0.39 is 10.0 Å². The van der Waals surface area contributed by atoms with Crippen LogP contribution in [0.2, 0.25) is 0 Å². The number of para-hydroxylation sites is 1. The Morgan fingerprint density at radius 1 is 0.765 bits per heavy atom. The number of ether oxygens (including phenoxy) is 1. The average Bonchev–Trinajstić information content (AvgIpc) is 2.81. The number of hydrogen-bond donors (Lipinski definition) is 3. The van der Waals surface area contributed by atoms with Crippen molar-refractivity contribution < 1.29 is 13.2 Å². The standard InChI is InChI=1S/C25H25N5O3S/c1-17-8-10-20(11-9-17)28-25-26-18(2)16-24(29-25)27-19-12-14-21(15-13-19)30-34(31,32)23-7-5-4-6-22(23)33-3/h4-16,30H,1-3H3,(H2,26,27,28,29). The molecule has 1 aromatic heterocycles. The highest BCUT2D eigenvalue weighted by Gasteiger charge is 2.19. The van der Waals surface area contributed by atoms with Gasteiger partial charge in [0.1, 0.15) is 16.5 Å². The Morgan fingerprint density at radius 2 is 1.38 bits per heavy atom. The zero-order valence-electron chi connectivity index (χ0n) is 19.0. The Labute approximate surface area is 199 Å².